The van der Waals surface area contributed by atoms with E-state index < -0.39 is 207 Å². The Bertz CT molecular complexity index is 2110. The Morgan fingerprint density at radius 2 is 0.487 bits per heavy atom. The van der Waals surface area contributed by atoms with Crippen molar-refractivity contribution in [2.75, 3.05) is 13.2 Å². The predicted molar refractivity (Wildman–Crippen MR) is 254 cm³/mol. The minimum absolute atomic E-state index is 0.0310. The minimum atomic E-state index is -2.00. The molecule has 450 valence electrons. The summed E-state index contributed by atoms with van der Waals surface area (Å²) < 4.78 is 107. The third-order valence-electron chi connectivity index (χ3n) is 12.2. The number of ether oxygens (including phenoxy) is 18. The minimum Gasteiger partial charge on any atom is -0.463 e. The Balaban J connectivity index is 2.00. The monoisotopic (exact) mass is 1150 g/mol. The molecule has 30 nitrogen and oxygen atoms in total. The summed E-state index contributed by atoms with van der Waals surface area (Å²) in [6.45, 7) is 13.6. The second kappa shape index (κ2) is 29.7. The number of rotatable bonds is 21. The maximum absolute atomic E-state index is 13.3. The zero-order valence-corrected chi connectivity index (χ0v) is 46.6. The molecule has 0 aliphatic carbocycles. The van der Waals surface area contributed by atoms with Crippen LogP contribution in [0.3, 0.4) is 0 Å². The molecule has 8 unspecified atom stereocenters. The topological polar surface area (TPSA) is 371 Å². The first kappa shape index (κ1) is 65.9. The van der Waals surface area contributed by atoms with E-state index in [1.54, 1.807) is 13.8 Å². The molecule has 4 aliphatic heterocycles. The van der Waals surface area contributed by atoms with E-state index in [0.29, 0.717) is 0 Å². The fourth-order valence-corrected chi connectivity index (χ4v) is 9.61. The number of carbonyl (C=O) groups is 12. The summed E-state index contributed by atoms with van der Waals surface area (Å²) >= 11 is 0. The predicted octanol–water partition coefficient (Wildman–Crippen LogP) is 0.00460. The second-order valence-corrected chi connectivity index (χ2v) is 18.7. The van der Waals surface area contributed by atoms with Crippen LogP contribution in [-0.4, -0.2) is 207 Å². The highest BCUT2D eigenvalue weighted by Gasteiger charge is 2.64. The van der Waals surface area contributed by atoms with Crippen LogP contribution in [0.1, 0.15) is 110 Å². The first-order valence-electron chi connectivity index (χ1n) is 25.4. The molecule has 4 rings (SSSR count). The Labute approximate surface area is 459 Å². The number of hydrogen-bond donors (Lipinski definition) is 0. The molecule has 0 aromatic rings. The van der Waals surface area contributed by atoms with Crippen LogP contribution in [0.15, 0.2) is 0 Å². The SMILES string of the molecule is CCC1O[C@H](O[C@@H]2C(COC(C)=O)O[C@@H]([C@H]3OC(COC(C)=O)[C@@H](O[C@H]4OC(CC)[C@@H](OC(C)=O)[C@H](OC(C)=O)C4OC(C)=O)[C@H](OC(C)=O)C3OC(C)=O)C(OC(C)=O)[C@H]2OC(C)=O)C(OC(C)=O)[C@@H](OC(C)=O)[C@@H]1OC(C)=O. The van der Waals surface area contributed by atoms with E-state index in [2.05, 4.69) is 0 Å². The lowest BCUT2D eigenvalue weighted by molar-refractivity contribution is -0.364. The van der Waals surface area contributed by atoms with E-state index in [1.165, 1.54) is 0 Å². The first-order valence-corrected chi connectivity index (χ1v) is 25.4. The summed E-state index contributed by atoms with van der Waals surface area (Å²) in [6.07, 6.45) is -34.7. The molecule has 0 N–H and O–H groups in total. The van der Waals surface area contributed by atoms with Crippen LogP contribution in [0.5, 0.6) is 0 Å². The van der Waals surface area contributed by atoms with Crippen molar-refractivity contribution in [1.82, 2.24) is 0 Å². The van der Waals surface area contributed by atoms with E-state index >= 15 is 0 Å². The molecule has 4 saturated heterocycles. The Hall–Kier alpha value is -6.60. The maximum Gasteiger partial charge on any atom is 0.303 e. The summed E-state index contributed by atoms with van der Waals surface area (Å²) in [5.41, 5.74) is 0. The van der Waals surface area contributed by atoms with Crippen LogP contribution >= 0.6 is 0 Å². The standard InChI is InChI=1S/C50H70O30/c1-15-31-35(65-21(5)53)41(69-25(9)57)47(73-29(13)61)49(77-31)79-37-33(17-63-19(3)51)75-45(43(71-27(11)59)39(37)67-23(7)55)46-44(72-28(12)60)40(68-24(8)56)38(34(76-46)18-64-20(4)52)80-50-48(74-30(14)62)42(70-26(10)58)36(66-22(6)54)32(16-2)78-50/h31-50H,15-18H2,1-14H3/t31?,32?,33?,34?,35-,36-,37-,38-,39+,40+,41+,42+,43?,44?,45-,46+,47?,48?,49-,50-/m1/s1. The van der Waals surface area contributed by atoms with Crippen LogP contribution in [0, 0.1) is 0 Å². The van der Waals surface area contributed by atoms with Crippen molar-refractivity contribution in [3.8, 4) is 0 Å². The average molecular weight is 1150 g/mol. The van der Waals surface area contributed by atoms with Crippen molar-refractivity contribution in [2.45, 2.75) is 232 Å². The van der Waals surface area contributed by atoms with Gasteiger partial charge in [-0.15, -0.1) is 0 Å². The molecular weight excluding hydrogens is 1080 g/mol. The van der Waals surface area contributed by atoms with Gasteiger partial charge in [-0.05, 0) is 12.8 Å². The lowest BCUT2D eigenvalue weighted by Crippen LogP contribution is -2.72. The van der Waals surface area contributed by atoms with Gasteiger partial charge in [0, 0.05) is 83.1 Å². The molecule has 0 spiro atoms. The van der Waals surface area contributed by atoms with Gasteiger partial charge in [0.05, 0.1) is 0 Å². The largest absolute Gasteiger partial charge is 0.463 e. The molecule has 0 bridgehead atoms. The third kappa shape index (κ3) is 18.2. The van der Waals surface area contributed by atoms with Gasteiger partial charge in [-0.25, -0.2) is 0 Å². The van der Waals surface area contributed by atoms with E-state index in [-0.39, 0.29) is 12.8 Å². The Morgan fingerprint density at radius 1 is 0.263 bits per heavy atom. The van der Waals surface area contributed by atoms with Crippen LogP contribution in [-0.2, 0) is 143 Å². The normalized spacial score (nSPS) is 33.8. The van der Waals surface area contributed by atoms with Crippen LogP contribution in [0.4, 0.5) is 0 Å². The van der Waals surface area contributed by atoms with E-state index in [0.717, 1.165) is 83.1 Å². The molecule has 0 amide bonds. The van der Waals surface area contributed by atoms with Crippen molar-refractivity contribution in [1.29, 1.82) is 0 Å². The lowest BCUT2D eigenvalue weighted by Gasteiger charge is -2.53. The molecule has 0 saturated carbocycles. The van der Waals surface area contributed by atoms with Crippen molar-refractivity contribution < 1.29 is 143 Å². The van der Waals surface area contributed by atoms with Gasteiger partial charge in [-0.3, -0.25) is 57.5 Å². The van der Waals surface area contributed by atoms with Gasteiger partial charge in [-0.1, -0.05) is 13.8 Å². The number of esters is 12. The van der Waals surface area contributed by atoms with Gasteiger partial charge in [0.15, 0.2) is 73.6 Å². The van der Waals surface area contributed by atoms with E-state index in [9.17, 15) is 57.5 Å². The van der Waals surface area contributed by atoms with E-state index in [1.807, 2.05) is 0 Å². The van der Waals surface area contributed by atoms with Crippen molar-refractivity contribution in [3.63, 3.8) is 0 Å². The van der Waals surface area contributed by atoms with Crippen molar-refractivity contribution >= 4 is 71.6 Å². The van der Waals surface area contributed by atoms with Crippen molar-refractivity contribution in [3.05, 3.63) is 0 Å². The summed E-state index contributed by atoms with van der Waals surface area (Å²) in [5.74, 6) is -11.6. The molecule has 4 heterocycles. The molecule has 80 heavy (non-hydrogen) atoms. The molecule has 4 fully saturated rings. The summed E-state index contributed by atoms with van der Waals surface area (Å²) in [5, 5.41) is 0. The molecule has 4 aliphatic rings. The Morgan fingerprint density at radius 3 is 0.725 bits per heavy atom. The van der Waals surface area contributed by atoms with Gasteiger partial charge in [0.2, 0.25) is 0 Å². The fourth-order valence-electron chi connectivity index (χ4n) is 9.61. The zero-order chi connectivity index (χ0) is 60.0. The lowest BCUT2D eigenvalue weighted by atomic mass is 9.84. The quantitative estimate of drug-likeness (QED) is 0.108. The first-order chi connectivity index (χ1) is 37.5. The molecule has 20 atom stereocenters. The smallest absolute Gasteiger partial charge is 0.303 e. The average Bonchev–Trinajstić information content (AvgIpc) is 3.32. The third-order valence-corrected chi connectivity index (χ3v) is 12.2. The van der Waals surface area contributed by atoms with Gasteiger partial charge in [0.1, 0.15) is 62.0 Å². The Kier molecular flexibility index (Phi) is 24.5. The van der Waals surface area contributed by atoms with Gasteiger partial charge >= 0.3 is 71.6 Å². The number of hydrogen-bond acceptors (Lipinski definition) is 30. The molecule has 0 radical (unpaired) electrons. The zero-order valence-electron chi connectivity index (χ0n) is 46.6. The summed E-state index contributed by atoms with van der Waals surface area (Å²) in [6, 6.07) is 0. The molecule has 0 aromatic carbocycles. The molecule has 30 heteroatoms. The maximum atomic E-state index is 13.3. The molecule has 0 aromatic heterocycles. The van der Waals surface area contributed by atoms with E-state index in [4.69, 9.17) is 85.3 Å². The van der Waals surface area contributed by atoms with Crippen molar-refractivity contribution in [2.24, 2.45) is 0 Å². The fraction of sp³-hybridized carbons (Fsp3) is 0.760. The van der Waals surface area contributed by atoms with Gasteiger partial charge in [0.25, 0.3) is 0 Å². The highest BCUT2D eigenvalue weighted by molar-refractivity contribution is 5.71. The molecular formula is C50H70O30. The second-order valence-electron chi connectivity index (χ2n) is 18.7. The van der Waals surface area contributed by atoms with Crippen LogP contribution in [0.25, 0.3) is 0 Å². The van der Waals surface area contributed by atoms with Gasteiger partial charge < -0.3 is 85.3 Å². The summed E-state index contributed by atoms with van der Waals surface area (Å²) in [4.78, 5) is 154. The van der Waals surface area contributed by atoms with Crippen LogP contribution in [0.2, 0.25) is 0 Å². The summed E-state index contributed by atoms with van der Waals surface area (Å²) in [7, 11) is 0. The van der Waals surface area contributed by atoms with Crippen LogP contribution < -0.4 is 0 Å². The van der Waals surface area contributed by atoms with Gasteiger partial charge in [-0.2, -0.15) is 0 Å². The highest BCUT2D eigenvalue weighted by atomic mass is 16.8. The number of carbonyl (C=O) groups excluding carboxylic acids is 12. The highest BCUT2D eigenvalue weighted by Crippen LogP contribution is 2.42.